The van der Waals surface area contributed by atoms with E-state index in [1.165, 1.54) is 18.5 Å². The Bertz CT molecular complexity index is 194. The van der Waals surface area contributed by atoms with Gasteiger partial charge in [-0.25, -0.2) is 0 Å². The molecule has 2 heteroatoms. The highest BCUT2D eigenvalue weighted by molar-refractivity contribution is 4.97. The lowest BCUT2D eigenvalue weighted by atomic mass is 10.1. The van der Waals surface area contributed by atoms with Crippen molar-refractivity contribution in [1.82, 2.24) is 10.2 Å². The molecule has 1 N–H and O–H groups in total. The topological polar surface area (TPSA) is 15.3 Å². The molecule has 0 spiro atoms. The summed E-state index contributed by atoms with van der Waals surface area (Å²) in [6.45, 7) is 12.3. The third-order valence-corrected chi connectivity index (χ3v) is 2.93. The molecule has 0 aromatic heterocycles. The highest BCUT2D eigenvalue weighted by atomic mass is 15.2. The maximum Gasteiger partial charge on any atom is 0.0222 e. The summed E-state index contributed by atoms with van der Waals surface area (Å²) < 4.78 is 0. The summed E-state index contributed by atoms with van der Waals surface area (Å²) in [5, 5.41) is 3.54. The van der Waals surface area contributed by atoms with Crippen LogP contribution in [-0.2, 0) is 0 Å². The van der Waals surface area contributed by atoms with Crippen molar-refractivity contribution in [3.8, 4) is 0 Å². The number of hydrogen-bond acceptors (Lipinski definition) is 2. The zero-order chi connectivity index (χ0) is 10.6. The first-order valence-electron chi connectivity index (χ1n) is 5.74. The molecule has 1 aliphatic rings. The first-order valence-corrected chi connectivity index (χ1v) is 5.74. The van der Waals surface area contributed by atoms with Crippen molar-refractivity contribution in [1.29, 1.82) is 0 Å². The fourth-order valence-electron chi connectivity index (χ4n) is 1.96. The van der Waals surface area contributed by atoms with Crippen molar-refractivity contribution in [2.45, 2.75) is 46.2 Å². The van der Waals surface area contributed by atoms with Crippen LogP contribution in [0, 0.1) is 0 Å². The summed E-state index contributed by atoms with van der Waals surface area (Å²) in [5.41, 5.74) is 1.42. The Balaban J connectivity index is 2.48. The van der Waals surface area contributed by atoms with Crippen molar-refractivity contribution in [3.63, 3.8) is 0 Å². The molecule has 14 heavy (non-hydrogen) atoms. The van der Waals surface area contributed by atoms with E-state index in [0.717, 1.165) is 19.1 Å². The van der Waals surface area contributed by atoms with Crippen LogP contribution in [0.2, 0.25) is 0 Å². The van der Waals surface area contributed by atoms with Crippen LogP contribution in [0.3, 0.4) is 0 Å². The van der Waals surface area contributed by atoms with E-state index in [1.807, 2.05) is 0 Å². The van der Waals surface area contributed by atoms with Gasteiger partial charge in [-0.1, -0.05) is 18.6 Å². The largest absolute Gasteiger partial charge is 0.311 e. The molecule has 0 aromatic carbocycles. The van der Waals surface area contributed by atoms with E-state index in [9.17, 15) is 0 Å². The van der Waals surface area contributed by atoms with Crippen LogP contribution in [0.25, 0.3) is 0 Å². The van der Waals surface area contributed by atoms with Crippen LogP contribution in [0.4, 0.5) is 0 Å². The molecule has 1 fully saturated rings. The molecular weight excluding hydrogens is 172 g/mol. The van der Waals surface area contributed by atoms with E-state index >= 15 is 0 Å². The van der Waals surface area contributed by atoms with Crippen LogP contribution in [0.1, 0.15) is 34.1 Å². The second kappa shape index (κ2) is 5.52. The van der Waals surface area contributed by atoms with Gasteiger partial charge in [-0.3, -0.25) is 4.90 Å². The number of allylic oxidation sites excluding steroid dienone is 1. The van der Waals surface area contributed by atoms with E-state index in [2.05, 4.69) is 44.0 Å². The molecule has 1 rings (SSSR count). The molecule has 2 nitrogen and oxygen atoms in total. The van der Waals surface area contributed by atoms with Crippen LogP contribution in [0.5, 0.6) is 0 Å². The Kier molecular flexibility index (Phi) is 4.63. The lowest BCUT2D eigenvalue weighted by molar-refractivity contribution is 0.147. The molecule has 0 radical (unpaired) electrons. The average molecular weight is 196 g/mol. The van der Waals surface area contributed by atoms with Crippen molar-refractivity contribution < 1.29 is 0 Å². The van der Waals surface area contributed by atoms with Crippen LogP contribution < -0.4 is 5.32 Å². The van der Waals surface area contributed by atoms with Gasteiger partial charge in [0.05, 0.1) is 0 Å². The molecule has 0 aliphatic carbocycles. The minimum absolute atomic E-state index is 0.642. The maximum absolute atomic E-state index is 3.54. The summed E-state index contributed by atoms with van der Waals surface area (Å²) in [4.78, 5) is 2.59. The second-order valence-electron chi connectivity index (χ2n) is 4.61. The summed E-state index contributed by atoms with van der Waals surface area (Å²) in [7, 11) is 0. The van der Waals surface area contributed by atoms with Gasteiger partial charge in [-0.2, -0.15) is 0 Å². The molecule has 0 bridgehead atoms. The molecule has 1 saturated heterocycles. The molecule has 2 atom stereocenters. The van der Waals surface area contributed by atoms with Gasteiger partial charge >= 0.3 is 0 Å². The van der Waals surface area contributed by atoms with Crippen LogP contribution >= 0.6 is 0 Å². The highest BCUT2D eigenvalue weighted by Gasteiger charge is 2.22. The smallest absolute Gasteiger partial charge is 0.0222 e. The first kappa shape index (κ1) is 11.7. The number of nitrogens with one attached hydrogen (secondary N) is 1. The van der Waals surface area contributed by atoms with E-state index in [1.54, 1.807) is 0 Å². The number of piperazine rings is 1. The molecule has 0 aromatic rings. The predicted octanol–water partition coefficient (Wildman–Crippen LogP) is 2.02. The Hall–Kier alpha value is -0.340. The van der Waals surface area contributed by atoms with Crippen LogP contribution in [0.15, 0.2) is 11.6 Å². The maximum atomic E-state index is 3.54. The summed E-state index contributed by atoms with van der Waals surface area (Å²) in [6.07, 6.45) is 3.58. The zero-order valence-corrected chi connectivity index (χ0v) is 10.0. The summed E-state index contributed by atoms with van der Waals surface area (Å²) >= 11 is 0. The summed E-state index contributed by atoms with van der Waals surface area (Å²) in [6, 6.07) is 1.37. The molecule has 0 amide bonds. The van der Waals surface area contributed by atoms with Gasteiger partial charge < -0.3 is 5.32 Å². The van der Waals surface area contributed by atoms with Gasteiger partial charge in [-0.05, 0) is 27.2 Å². The van der Waals surface area contributed by atoms with Crippen LogP contribution in [-0.4, -0.2) is 36.6 Å². The predicted molar refractivity (Wildman–Crippen MR) is 62.5 cm³/mol. The third-order valence-electron chi connectivity index (χ3n) is 2.93. The van der Waals surface area contributed by atoms with Crippen molar-refractivity contribution >= 4 is 0 Å². The number of nitrogens with zero attached hydrogens (tertiary/aromatic N) is 1. The van der Waals surface area contributed by atoms with E-state index in [0.29, 0.717) is 6.04 Å². The van der Waals surface area contributed by atoms with Crippen molar-refractivity contribution in [2.24, 2.45) is 0 Å². The fourth-order valence-corrected chi connectivity index (χ4v) is 1.96. The van der Waals surface area contributed by atoms with Crippen molar-refractivity contribution in [3.05, 3.63) is 11.6 Å². The zero-order valence-electron chi connectivity index (χ0n) is 10.0. The number of rotatable bonds is 3. The van der Waals surface area contributed by atoms with Gasteiger partial charge in [0.15, 0.2) is 0 Å². The third kappa shape index (κ3) is 3.43. The van der Waals surface area contributed by atoms with Crippen molar-refractivity contribution in [2.75, 3.05) is 19.6 Å². The van der Waals surface area contributed by atoms with Gasteiger partial charge in [0.2, 0.25) is 0 Å². The molecular formula is C12H24N2. The standard InChI is InChI=1S/C12H24N2/c1-5-12-8-13-11(4)9-14(12)7-6-10(2)3/h6,11-13H,5,7-9H2,1-4H3. The Labute approximate surface area is 88.4 Å². The van der Waals surface area contributed by atoms with E-state index in [4.69, 9.17) is 0 Å². The summed E-state index contributed by atoms with van der Waals surface area (Å²) in [5.74, 6) is 0. The minimum atomic E-state index is 0.642. The van der Waals surface area contributed by atoms with E-state index in [-0.39, 0.29) is 0 Å². The van der Waals surface area contributed by atoms with Gasteiger partial charge in [0.25, 0.3) is 0 Å². The SMILES string of the molecule is CCC1CNC(C)CN1CC=C(C)C. The minimum Gasteiger partial charge on any atom is -0.311 e. The van der Waals surface area contributed by atoms with Gasteiger partial charge in [0, 0.05) is 31.7 Å². The van der Waals surface area contributed by atoms with Gasteiger partial charge in [0.1, 0.15) is 0 Å². The highest BCUT2D eigenvalue weighted by Crippen LogP contribution is 2.10. The first-order chi connectivity index (χ1) is 6.63. The number of hydrogen-bond donors (Lipinski definition) is 1. The molecule has 1 heterocycles. The lowest BCUT2D eigenvalue weighted by Crippen LogP contribution is -2.55. The lowest BCUT2D eigenvalue weighted by Gasteiger charge is -2.38. The van der Waals surface area contributed by atoms with Gasteiger partial charge in [-0.15, -0.1) is 0 Å². The molecule has 1 aliphatic heterocycles. The quantitative estimate of drug-likeness (QED) is 0.695. The molecule has 82 valence electrons. The monoisotopic (exact) mass is 196 g/mol. The Morgan fingerprint density at radius 2 is 2.21 bits per heavy atom. The second-order valence-corrected chi connectivity index (χ2v) is 4.61. The Morgan fingerprint density at radius 1 is 1.50 bits per heavy atom. The molecule has 2 unspecified atom stereocenters. The fraction of sp³-hybridized carbons (Fsp3) is 0.833. The molecule has 0 saturated carbocycles. The normalized spacial score (nSPS) is 28.9. The average Bonchev–Trinajstić information content (AvgIpc) is 2.15. The van der Waals surface area contributed by atoms with E-state index < -0.39 is 0 Å². The Morgan fingerprint density at radius 3 is 2.79 bits per heavy atom.